The molecular weight excluding hydrogens is 328 g/mol. The van der Waals surface area contributed by atoms with Crippen LogP contribution in [0.5, 0.6) is 0 Å². The van der Waals surface area contributed by atoms with E-state index in [-0.39, 0.29) is 11.8 Å². The smallest absolute Gasteiger partial charge is 0.237 e. The monoisotopic (exact) mass is 362 g/mol. The van der Waals surface area contributed by atoms with Crippen molar-refractivity contribution >= 4 is 11.8 Å². The third kappa shape index (κ3) is 8.45. The van der Waals surface area contributed by atoms with Gasteiger partial charge in [0.05, 0.1) is 12.1 Å². The van der Waals surface area contributed by atoms with Crippen molar-refractivity contribution in [3.05, 3.63) is 35.4 Å². The summed E-state index contributed by atoms with van der Waals surface area (Å²) in [5, 5.41) is 5.73. The molecule has 1 aromatic rings. The van der Waals surface area contributed by atoms with E-state index in [1.165, 1.54) is 0 Å². The van der Waals surface area contributed by atoms with Crippen molar-refractivity contribution in [3.8, 4) is 0 Å². The van der Waals surface area contributed by atoms with Gasteiger partial charge in [0.15, 0.2) is 0 Å². The van der Waals surface area contributed by atoms with Gasteiger partial charge in [-0.1, -0.05) is 52.0 Å². The molecule has 26 heavy (non-hydrogen) atoms. The van der Waals surface area contributed by atoms with E-state index in [0.717, 1.165) is 11.1 Å². The second-order valence-electron chi connectivity index (χ2n) is 7.73. The largest absolute Gasteiger partial charge is 0.351 e. The Morgan fingerprint density at radius 2 is 1.23 bits per heavy atom. The van der Waals surface area contributed by atoms with Crippen molar-refractivity contribution in [1.82, 2.24) is 10.6 Å². The summed E-state index contributed by atoms with van der Waals surface area (Å²) in [5.41, 5.74) is 13.7. The van der Waals surface area contributed by atoms with Crippen LogP contribution >= 0.6 is 0 Å². The van der Waals surface area contributed by atoms with Gasteiger partial charge in [-0.25, -0.2) is 0 Å². The standard InChI is InChI=1S/C20H34N4O2/c1-13(2)8-17(21)19(25)23-11-15-6-5-7-16(10-15)12-24-20(26)18(22)9-14(3)4/h5-7,10,13-14,17-18H,8-9,11-12,21-22H2,1-4H3,(H,23,25)(H,24,26). The van der Waals surface area contributed by atoms with Crippen molar-refractivity contribution in [1.29, 1.82) is 0 Å². The van der Waals surface area contributed by atoms with Crippen molar-refractivity contribution < 1.29 is 9.59 Å². The van der Waals surface area contributed by atoms with E-state index in [9.17, 15) is 9.59 Å². The van der Waals surface area contributed by atoms with Crippen molar-refractivity contribution in [2.45, 2.75) is 65.7 Å². The first-order valence-electron chi connectivity index (χ1n) is 9.33. The minimum absolute atomic E-state index is 0.142. The molecule has 0 saturated heterocycles. The zero-order valence-electron chi connectivity index (χ0n) is 16.4. The third-order valence-electron chi connectivity index (χ3n) is 4.05. The average molecular weight is 363 g/mol. The molecule has 146 valence electrons. The number of benzene rings is 1. The van der Waals surface area contributed by atoms with Crippen LogP contribution in [-0.4, -0.2) is 23.9 Å². The van der Waals surface area contributed by atoms with E-state index in [0.29, 0.717) is 37.8 Å². The number of nitrogens with one attached hydrogen (secondary N) is 2. The molecule has 0 aliphatic rings. The van der Waals surface area contributed by atoms with Crippen LogP contribution in [0.15, 0.2) is 24.3 Å². The van der Waals surface area contributed by atoms with Gasteiger partial charge in [-0.2, -0.15) is 0 Å². The molecule has 0 radical (unpaired) electrons. The first-order chi connectivity index (χ1) is 12.2. The van der Waals surface area contributed by atoms with E-state index >= 15 is 0 Å². The maximum Gasteiger partial charge on any atom is 0.237 e. The normalized spacial score (nSPS) is 13.5. The lowest BCUT2D eigenvalue weighted by molar-refractivity contribution is -0.123. The summed E-state index contributed by atoms with van der Waals surface area (Å²) in [6, 6.07) is 6.77. The van der Waals surface area contributed by atoms with Gasteiger partial charge in [-0.15, -0.1) is 0 Å². The fourth-order valence-corrected chi connectivity index (χ4v) is 2.72. The van der Waals surface area contributed by atoms with E-state index in [4.69, 9.17) is 11.5 Å². The molecule has 6 nitrogen and oxygen atoms in total. The van der Waals surface area contributed by atoms with Gasteiger partial charge in [-0.3, -0.25) is 9.59 Å². The van der Waals surface area contributed by atoms with E-state index in [1.54, 1.807) is 0 Å². The number of carbonyl (C=O) groups is 2. The highest BCUT2D eigenvalue weighted by Gasteiger charge is 2.15. The van der Waals surface area contributed by atoms with Crippen LogP contribution < -0.4 is 22.1 Å². The Balaban J connectivity index is 2.50. The van der Waals surface area contributed by atoms with Crippen molar-refractivity contribution in [2.75, 3.05) is 0 Å². The molecule has 0 bridgehead atoms. The summed E-state index contributed by atoms with van der Waals surface area (Å²) in [6.45, 7) is 8.99. The molecule has 6 heteroatoms. The van der Waals surface area contributed by atoms with Crippen molar-refractivity contribution in [2.24, 2.45) is 23.3 Å². The topological polar surface area (TPSA) is 110 Å². The summed E-state index contributed by atoms with van der Waals surface area (Å²) < 4.78 is 0. The van der Waals surface area contributed by atoms with Gasteiger partial charge in [-0.05, 0) is 35.8 Å². The first-order valence-corrected chi connectivity index (χ1v) is 9.33. The second kappa shape index (κ2) is 10.9. The number of nitrogens with two attached hydrogens (primary N) is 2. The van der Waals surface area contributed by atoms with E-state index in [2.05, 4.69) is 10.6 Å². The summed E-state index contributed by atoms with van der Waals surface area (Å²) in [7, 11) is 0. The molecule has 2 amide bonds. The zero-order valence-corrected chi connectivity index (χ0v) is 16.4. The SMILES string of the molecule is CC(C)CC(N)C(=O)NCc1cccc(CNC(=O)C(N)CC(C)C)c1. The van der Waals surface area contributed by atoms with Crippen LogP contribution in [0.2, 0.25) is 0 Å². The molecule has 0 fully saturated rings. The maximum absolute atomic E-state index is 12.0. The van der Waals surface area contributed by atoms with Gasteiger partial charge in [0.1, 0.15) is 0 Å². The Hall–Kier alpha value is -1.92. The molecule has 0 spiro atoms. The zero-order chi connectivity index (χ0) is 19.7. The molecule has 2 unspecified atom stereocenters. The third-order valence-corrected chi connectivity index (χ3v) is 4.05. The lowest BCUT2D eigenvalue weighted by Crippen LogP contribution is -2.41. The summed E-state index contributed by atoms with van der Waals surface area (Å²) in [4.78, 5) is 24.0. The number of carbonyl (C=O) groups excluding carboxylic acids is 2. The fraction of sp³-hybridized carbons (Fsp3) is 0.600. The van der Waals surface area contributed by atoms with Crippen LogP contribution in [0.25, 0.3) is 0 Å². The van der Waals surface area contributed by atoms with Crippen LogP contribution in [-0.2, 0) is 22.7 Å². The van der Waals surface area contributed by atoms with Gasteiger partial charge in [0.25, 0.3) is 0 Å². The van der Waals surface area contributed by atoms with Crippen LogP contribution in [0.1, 0.15) is 51.7 Å². The Morgan fingerprint density at radius 3 is 1.58 bits per heavy atom. The summed E-state index contributed by atoms with van der Waals surface area (Å²) in [6.07, 6.45) is 1.32. The predicted molar refractivity (Wildman–Crippen MR) is 105 cm³/mol. The summed E-state index contributed by atoms with van der Waals surface area (Å²) in [5.74, 6) is 0.476. The van der Waals surface area contributed by atoms with Crippen molar-refractivity contribution in [3.63, 3.8) is 0 Å². The molecule has 0 aliphatic carbocycles. The lowest BCUT2D eigenvalue weighted by Gasteiger charge is -2.15. The van der Waals surface area contributed by atoms with Crippen LogP contribution in [0, 0.1) is 11.8 Å². The van der Waals surface area contributed by atoms with Gasteiger partial charge in [0.2, 0.25) is 11.8 Å². The van der Waals surface area contributed by atoms with E-state index < -0.39 is 12.1 Å². The molecule has 0 aromatic heterocycles. The Bertz CT molecular complexity index is 540. The average Bonchev–Trinajstić information content (AvgIpc) is 2.56. The van der Waals surface area contributed by atoms with E-state index in [1.807, 2.05) is 52.0 Å². The molecule has 1 rings (SSSR count). The Labute approximate surface area is 157 Å². The van der Waals surface area contributed by atoms with Gasteiger partial charge in [0, 0.05) is 13.1 Å². The molecule has 0 heterocycles. The van der Waals surface area contributed by atoms with Crippen LogP contribution in [0.3, 0.4) is 0 Å². The second-order valence-corrected chi connectivity index (χ2v) is 7.73. The summed E-state index contributed by atoms with van der Waals surface area (Å²) >= 11 is 0. The maximum atomic E-state index is 12.0. The highest BCUT2D eigenvalue weighted by Crippen LogP contribution is 2.07. The Kier molecular flexibility index (Phi) is 9.30. The number of rotatable bonds is 10. The minimum Gasteiger partial charge on any atom is -0.351 e. The highest BCUT2D eigenvalue weighted by atomic mass is 16.2. The van der Waals surface area contributed by atoms with Gasteiger partial charge < -0.3 is 22.1 Å². The fourth-order valence-electron chi connectivity index (χ4n) is 2.72. The molecular formula is C20H34N4O2. The molecule has 1 aromatic carbocycles. The highest BCUT2D eigenvalue weighted by molar-refractivity contribution is 5.81. The molecule has 0 saturated carbocycles. The van der Waals surface area contributed by atoms with Gasteiger partial charge >= 0.3 is 0 Å². The Morgan fingerprint density at radius 1 is 0.846 bits per heavy atom. The number of hydrogen-bond donors (Lipinski definition) is 4. The quantitative estimate of drug-likeness (QED) is 0.507. The van der Waals surface area contributed by atoms with Crippen LogP contribution in [0.4, 0.5) is 0 Å². The number of amides is 2. The number of hydrogen-bond acceptors (Lipinski definition) is 4. The first kappa shape index (κ1) is 22.1. The lowest BCUT2D eigenvalue weighted by atomic mass is 10.0. The molecule has 6 N–H and O–H groups in total. The molecule has 0 aliphatic heterocycles. The molecule has 2 atom stereocenters. The minimum atomic E-state index is -0.486. The predicted octanol–water partition coefficient (Wildman–Crippen LogP) is 1.67.